The molecule has 31 heavy (non-hydrogen) atoms. The molecule has 0 aliphatic carbocycles. The van der Waals surface area contributed by atoms with E-state index in [4.69, 9.17) is 25.8 Å². The van der Waals surface area contributed by atoms with Crippen LogP contribution in [0.2, 0.25) is 5.02 Å². The normalized spacial score (nSPS) is 17.0. The first kappa shape index (κ1) is 22.0. The second-order valence-electron chi connectivity index (χ2n) is 7.16. The quantitative estimate of drug-likeness (QED) is 0.483. The number of hydrogen-bond acceptors (Lipinski definition) is 7. The number of methoxy groups -OCH3 is 1. The average Bonchev–Trinajstić information content (AvgIpc) is 2.77. The number of likely N-dealkylation sites (N-methyl/N-ethyl adjacent to an activating group) is 1. The molecule has 164 valence electrons. The molecule has 0 radical (unpaired) electrons. The zero-order valence-electron chi connectivity index (χ0n) is 17.0. The van der Waals surface area contributed by atoms with E-state index in [1.54, 1.807) is 31.4 Å². The lowest BCUT2D eigenvalue weighted by Gasteiger charge is -2.30. The largest absolute Gasteiger partial charge is 0.493 e. The molecule has 7 nitrogen and oxygen atoms in total. The highest BCUT2D eigenvalue weighted by atomic mass is 79.9. The van der Waals surface area contributed by atoms with E-state index >= 15 is 0 Å². The molecule has 4 rings (SSSR count). The molecule has 1 aliphatic rings. The number of ether oxygens (including phenoxy) is 3. The van der Waals surface area contributed by atoms with Gasteiger partial charge < -0.3 is 24.4 Å². The summed E-state index contributed by atoms with van der Waals surface area (Å²) in [7, 11) is 3.61. The van der Waals surface area contributed by atoms with Crippen molar-refractivity contribution in [2.45, 2.75) is 6.10 Å². The zero-order chi connectivity index (χ0) is 22.0. The molecule has 1 aromatic heterocycles. The fourth-order valence-electron chi connectivity index (χ4n) is 3.34. The summed E-state index contributed by atoms with van der Waals surface area (Å²) in [4.78, 5) is 10.8. The lowest BCUT2D eigenvalue weighted by molar-refractivity contribution is -0.0406. The van der Waals surface area contributed by atoms with Crippen LogP contribution in [0.5, 0.6) is 11.5 Å². The predicted molar refractivity (Wildman–Crippen MR) is 121 cm³/mol. The molecule has 10 heteroatoms. The van der Waals surface area contributed by atoms with Gasteiger partial charge >= 0.3 is 0 Å². The van der Waals surface area contributed by atoms with Gasteiger partial charge in [0.25, 0.3) is 0 Å². The Morgan fingerprint density at radius 1 is 1.32 bits per heavy atom. The van der Waals surface area contributed by atoms with Crippen molar-refractivity contribution in [2.24, 2.45) is 0 Å². The summed E-state index contributed by atoms with van der Waals surface area (Å²) in [5.41, 5.74) is 0.824. The van der Waals surface area contributed by atoms with Crippen LogP contribution >= 0.6 is 27.5 Å². The number of nitrogens with zero attached hydrogens (tertiary/aromatic N) is 3. The first-order valence-corrected chi connectivity index (χ1v) is 10.8. The van der Waals surface area contributed by atoms with E-state index in [0.717, 1.165) is 13.1 Å². The van der Waals surface area contributed by atoms with E-state index in [1.165, 1.54) is 6.33 Å². The summed E-state index contributed by atoms with van der Waals surface area (Å²) >= 11 is 9.21. The second-order valence-corrected chi connectivity index (χ2v) is 8.39. The van der Waals surface area contributed by atoms with Crippen LogP contribution in [0.1, 0.15) is 0 Å². The highest BCUT2D eigenvalue weighted by Crippen LogP contribution is 2.36. The highest BCUT2D eigenvalue weighted by molar-refractivity contribution is 9.10. The van der Waals surface area contributed by atoms with E-state index in [1.807, 2.05) is 0 Å². The van der Waals surface area contributed by atoms with Gasteiger partial charge in [-0.15, -0.1) is 0 Å². The molecule has 1 N–H and O–H groups in total. The number of rotatable bonds is 6. The van der Waals surface area contributed by atoms with Crippen molar-refractivity contribution in [2.75, 3.05) is 45.8 Å². The maximum atomic E-state index is 14.5. The Balaban J connectivity index is 1.61. The van der Waals surface area contributed by atoms with Crippen molar-refractivity contribution in [1.29, 1.82) is 0 Å². The van der Waals surface area contributed by atoms with Crippen LogP contribution < -0.4 is 14.8 Å². The van der Waals surface area contributed by atoms with E-state index < -0.39 is 5.82 Å². The molecule has 0 bridgehead atoms. The molecule has 1 fully saturated rings. The Morgan fingerprint density at radius 2 is 2.16 bits per heavy atom. The van der Waals surface area contributed by atoms with Crippen LogP contribution in [0.25, 0.3) is 10.9 Å². The van der Waals surface area contributed by atoms with Crippen molar-refractivity contribution >= 4 is 49.9 Å². The molecule has 2 aromatic carbocycles. The van der Waals surface area contributed by atoms with Gasteiger partial charge in [0.1, 0.15) is 24.9 Å². The van der Waals surface area contributed by atoms with Gasteiger partial charge in [-0.25, -0.2) is 14.4 Å². The molecule has 1 atom stereocenters. The van der Waals surface area contributed by atoms with Gasteiger partial charge in [0.05, 0.1) is 29.9 Å². The van der Waals surface area contributed by atoms with Crippen LogP contribution in [0.15, 0.2) is 35.1 Å². The maximum absolute atomic E-state index is 14.5. The zero-order valence-corrected chi connectivity index (χ0v) is 19.3. The number of morpholine rings is 1. The summed E-state index contributed by atoms with van der Waals surface area (Å²) in [6, 6.07) is 6.78. The van der Waals surface area contributed by atoms with Crippen molar-refractivity contribution < 1.29 is 18.6 Å². The van der Waals surface area contributed by atoms with Crippen LogP contribution in [-0.2, 0) is 4.74 Å². The SMILES string of the molecule is COc1cc2c(Nc3ccc(Br)c(Cl)c3F)ncnc2cc1OCC1CN(C)CCO1. The second kappa shape index (κ2) is 9.52. The van der Waals surface area contributed by atoms with Crippen molar-refractivity contribution in [1.82, 2.24) is 14.9 Å². The fourth-order valence-corrected chi connectivity index (χ4v) is 3.81. The Bertz CT molecular complexity index is 1100. The van der Waals surface area contributed by atoms with Gasteiger partial charge in [-0.05, 0) is 41.2 Å². The summed E-state index contributed by atoms with van der Waals surface area (Å²) in [6.07, 6.45) is 1.38. The van der Waals surface area contributed by atoms with Gasteiger partial charge in [0, 0.05) is 29.0 Å². The molecule has 1 unspecified atom stereocenters. The number of anilines is 2. The minimum atomic E-state index is -0.577. The number of nitrogens with one attached hydrogen (secondary N) is 1. The maximum Gasteiger partial charge on any atom is 0.166 e. The number of halogens is 3. The topological polar surface area (TPSA) is 68.7 Å². The molecule has 0 saturated carbocycles. The van der Waals surface area contributed by atoms with Crippen molar-refractivity contribution in [3.8, 4) is 11.5 Å². The fraction of sp³-hybridized carbons (Fsp3) is 0.333. The molecule has 0 spiro atoms. The molecule has 2 heterocycles. The number of aromatic nitrogens is 2. The number of benzene rings is 2. The van der Waals surface area contributed by atoms with Crippen molar-refractivity contribution in [3.05, 3.63) is 45.9 Å². The van der Waals surface area contributed by atoms with Gasteiger partial charge in [-0.1, -0.05) is 11.6 Å². The highest BCUT2D eigenvalue weighted by Gasteiger charge is 2.20. The minimum absolute atomic E-state index is 0.00722. The number of fused-ring (bicyclic) bond motifs is 1. The summed E-state index contributed by atoms with van der Waals surface area (Å²) in [5, 5.41) is 3.63. The van der Waals surface area contributed by atoms with Crippen LogP contribution in [-0.4, -0.2) is 61.4 Å². The standard InChI is InChI=1S/C21H21BrClFN4O3/c1-28-5-6-30-12(9-28)10-31-18-8-16-13(7-17(18)29-2)21(26-11-25-16)27-15-4-3-14(22)19(23)20(15)24/h3-4,7-8,11-12H,5-6,9-10H2,1-2H3,(H,25,26,27). The Kier molecular flexibility index (Phi) is 6.76. The Morgan fingerprint density at radius 3 is 2.94 bits per heavy atom. The van der Waals surface area contributed by atoms with E-state index in [0.29, 0.717) is 45.9 Å². The molecular formula is C21H21BrClFN4O3. The molecule has 3 aromatic rings. The Labute approximate surface area is 192 Å². The monoisotopic (exact) mass is 510 g/mol. The van der Waals surface area contributed by atoms with E-state index in [2.05, 4.69) is 43.2 Å². The lowest BCUT2D eigenvalue weighted by Crippen LogP contribution is -2.42. The Hall–Kier alpha value is -2.20. The molecular weight excluding hydrogens is 491 g/mol. The average molecular weight is 512 g/mol. The third-order valence-corrected chi connectivity index (χ3v) is 6.23. The minimum Gasteiger partial charge on any atom is -0.493 e. The predicted octanol–water partition coefficient (Wildman–Crippen LogP) is 4.65. The van der Waals surface area contributed by atoms with Gasteiger partial charge in [0.2, 0.25) is 0 Å². The summed E-state index contributed by atoms with van der Waals surface area (Å²) in [6.45, 7) is 2.78. The number of hydrogen-bond donors (Lipinski definition) is 1. The van der Waals surface area contributed by atoms with Crippen molar-refractivity contribution in [3.63, 3.8) is 0 Å². The van der Waals surface area contributed by atoms with Gasteiger partial charge in [-0.2, -0.15) is 0 Å². The lowest BCUT2D eigenvalue weighted by atomic mass is 10.2. The summed E-state index contributed by atoms with van der Waals surface area (Å²) < 4.78 is 32.3. The van der Waals surface area contributed by atoms with Crippen LogP contribution in [0.3, 0.4) is 0 Å². The molecule has 1 saturated heterocycles. The molecule has 0 amide bonds. The first-order chi connectivity index (χ1) is 15.0. The van der Waals surface area contributed by atoms with Gasteiger partial charge in [0.15, 0.2) is 17.3 Å². The third kappa shape index (κ3) is 4.85. The molecule has 1 aliphatic heterocycles. The third-order valence-electron chi connectivity index (χ3n) is 4.98. The van der Waals surface area contributed by atoms with E-state index in [9.17, 15) is 4.39 Å². The first-order valence-electron chi connectivity index (χ1n) is 9.62. The summed E-state index contributed by atoms with van der Waals surface area (Å²) in [5.74, 6) is 0.912. The van der Waals surface area contributed by atoms with Crippen LogP contribution in [0.4, 0.5) is 15.9 Å². The van der Waals surface area contributed by atoms with Gasteiger partial charge in [-0.3, -0.25) is 0 Å². The smallest absolute Gasteiger partial charge is 0.166 e. The van der Waals surface area contributed by atoms with Crippen LogP contribution in [0, 0.1) is 5.82 Å². The van der Waals surface area contributed by atoms with E-state index in [-0.39, 0.29) is 16.8 Å².